The third-order valence-electron chi connectivity index (χ3n) is 3.44. The van der Waals surface area contributed by atoms with Crippen molar-refractivity contribution in [1.29, 1.82) is 0 Å². The maximum Gasteiger partial charge on any atom is 0.419 e. The molecule has 1 aliphatic heterocycles. The van der Waals surface area contributed by atoms with Crippen LogP contribution in [0.2, 0.25) is 0 Å². The van der Waals surface area contributed by atoms with Gasteiger partial charge in [0.05, 0.1) is 12.0 Å². The molecule has 0 bridgehead atoms. The molecule has 0 atom stereocenters. The van der Waals surface area contributed by atoms with E-state index in [9.17, 15) is 22.8 Å². The first-order valence-electron chi connectivity index (χ1n) is 7.11. The smallest absolute Gasteiger partial charge is 0.419 e. The SMILES string of the molecule is NC(=O)OCCC(=O)N1CCN(c2ncc(C(F)(F)F)cn2)CC1. The molecule has 0 aromatic carbocycles. The molecule has 0 radical (unpaired) electrons. The van der Waals surface area contributed by atoms with Crippen molar-refractivity contribution in [1.82, 2.24) is 14.9 Å². The van der Waals surface area contributed by atoms with Crippen LogP contribution in [0, 0.1) is 0 Å². The van der Waals surface area contributed by atoms with Gasteiger partial charge in [-0.25, -0.2) is 14.8 Å². The van der Waals surface area contributed by atoms with Crippen LogP contribution in [0.5, 0.6) is 0 Å². The summed E-state index contributed by atoms with van der Waals surface area (Å²) in [4.78, 5) is 33.1. The van der Waals surface area contributed by atoms with E-state index in [0.717, 1.165) is 12.4 Å². The Balaban J connectivity index is 1.84. The number of carbonyl (C=O) groups excluding carboxylic acids is 2. The third-order valence-corrected chi connectivity index (χ3v) is 3.44. The number of carbonyl (C=O) groups is 2. The molecule has 8 nitrogen and oxygen atoms in total. The molecular formula is C13H16F3N5O3. The summed E-state index contributed by atoms with van der Waals surface area (Å²) in [5.74, 6) is -0.00333. The van der Waals surface area contributed by atoms with E-state index >= 15 is 0 Å². The number of nitrogens with two attached hydrogens (primary N) is 1. The lowest BCUT2D eigenvalue weighted by molar-refractivity contribution is -0.138. The van der Waals surface area contributed by atoms with Crippen LogP contribution in [0.25, 0.3) is 0 Å². The summed E-state index contributed by atoms with van der Waals surface area (Å²) in [6.45, 7) is 1.46. The number of piperazine rings is 1. The lowest BCUT2D eigenvalue weighted by Gasteiger charge is -2.34. The van der Waals surface area contributed by atoms with Gasteiger partial charge in [0, 0.05) is 38.6 Å². The van der Waals surface area contributed by atoms with E-state index in [4.69, 9.17) is 5.73 Å². The summed E-state index contributed by atoms with van der Waals surface area (Å²) in [6.07, 6.45) is -3.91. The summed E-state index contributed by atoms with van der Waals surface area (Å²) in [5.41, 5.74) is 3.89. The molecule has 1 saturated heterocycles. The average Bonchev–Trinajstić information content (AvgIpc) is 2.54. The van der Waals surface area contributed by atoms with Crippen LogP contribution in [0.15, 0.2) is 12.4 Å². The zero-order valence-electron chi connectivity index (χ0n) is 12.6. The molecule has 0 aliphatic carbocycles. The molecule has 0 unspecified atom stereocenters. The Hall–Kier alpha value is -2.59. The largest absolute Gasteiger partial charge is 0.449 e. The number of hydrogen-bond donors (Lipinski definition) is 1. The highest BCUT2D eigenvalue weighted by molar-refractivity contribution is 5.77. The number of ether oxygens (including phenoxy) is 1. The van der Waals surface area contributed by atoms with Crippen LogP contribution in [0.4, 0.5) is 23.9 Å². The highest BCUT2D eigenvalue weighted by Crippen LogP contribution is 2.28. The van der Waals surface area contributed by atoms with Crippen molar-refractivity contribution >= 4 is 17.9 Å². The van der Waals surface area contributed by atoms with Gasteiger partial charge in [-0.15, -0.1) is 0 Å². The van der Waals surface area contributed by atoms with E-state index in [1.165, 1.54) is 0 Å². The average molecular weight is 347 g/mol. The first-order valence-corrected chi connectivity index (χ1v) is 7.11. The Morgan fingerprint density at radius 1 is 1.17 bits per heavy atom. The van der Waals surface area contributed by atoms with Crippen LogP contribution >= 0.6 is 0 Å². The minimum absolute atomic E-state index is 0.0275. The zero-order valence-corrected chi connectivity index (χ0v) is 12.6. The molecule has 11 heteroatoms. The fraction of sp³-hybridized carbons (Fsp3) is 0.538. The van der Waals surface area contributed by atoms with E-state index in [2.05, 4.69) is 14.7 Å². The fourth-order valence-electron chi connectivity index (χ4n) is 2.18. The molecule has 132 valence electrons. The lowest BCUT2D eigenvalue weighted by Crippen LogP contribution is -2.49. The number of rotatable bonds is 4. The molecule has 2 amide bonds. The first kappa shape index (κ1) is 17.8. The predicted molar refractivity (Wildman–Crippen MR) is 76.0 cm³/mol. The second kappa shape index (κ2) is 7.32. The second-order valence-corrected chi connectivity index (χ2v) is 5.05. The molecule has 1 aliphatic rings. The van der Waals surface area contributed by atoms with Gasteiger partial charge < -0.3 is 20.3 Å². The van der Waals surface area contributed by atoms with E-state index in [1.807, 2.05) is 0 Å². The van der Waals surface area contributed by atoms with Crippen molar-refractivity contribution in [3.8, 4) is 0 Å². The standard InChI is InChI=1S/C13H16F3N5O3/c14-13(15,16)9-7-18-12(19-8-9)21-4-2-20(3-5-21)10(22)1-6-24-11(17)23/h7-8H,1-6H2,(H2,17,23). The van der Waals surface area contributed by atoms with Crippen LogP contribution in [0.1, 0.15) is 12.0 Å². The van der Waals surface area contributed by atoms with Crippen molar-refractivity contribution in [3.05, 3.63) is 18.0 Å². The molecule has 24 heavy (non-hydrogen) atoms. The van der Waals surface area contributed by atoms with Crippen LogP contribution in [-0.4, -0.2) is 59.7 Å². The quantitative estimate of drug-likeness (QED) is 0.857. The van der Waals surface area contributed by atoms with Gasteiger partial charge in [0.1, 0.15) is 6.61 Å². The summed E-state index contributed by atoms with van der Waals surface area (Å²) in [5, 5.41) is 0. The Morgan fingerprint density at radius 3 is 2.25 bits per heavy atom. The van der Waals surface area contributed by atoms with E-state index < -0.39 is 17.8 Å². The minimum atomic E-state index is -4.48. The maximum absolute atomic E-state index is 12.5. The Labute approximate surface area is 135 Å². The highest BCUT2D eigenvalue weighted by Gasteiger charge is 2.32. The fourth-order valence-corrected chi connectivity index (χ4v) is 2.18. The Kier molecular flexibility index (Phi) is 5.42. The number of halogens is 3. The predicted octanol–water partition coefficient (Wildman–Crippen LogP) is 0.629. The molecule has 0 spiro atoms. The lowest BCUT2D eigenvalue weighted by atomic mass is 10.3. The van der Waals surface area contributed by atoms with Gasteiger partial charge in [-0.05, 0) is 0 Å². The van der Waals surface area contributed by atoms with Crippen LogP contribution < -0.4 is 10.6 Å². The van der Waals surface area contributed by atoms with E-state index in [0.29, 0.717) is 26.2 Å². The highest BCUT2D eigenvalue weighted by atomic mass is 19.4. The van der Waals surface area contributed by atoms with Gasteiger partial charge in [0.25, 0.3) is 0 Å². The molecule has 1 aromatic heterocycles. The minimum Gasteiger partial charge on any atom is -0.449 e. The number of hydrogen-bond acceptors (Lipinski definition) is 6. The van der Waals surface area contributed by atoms with Crippen molar-refractivity contribution in [3.63, 3.8) is 0 Å². The summed E-state index contributed by atoms with van der Waals surface area (Å²) >= 11 is 0. The van der Waals surface area contributed by atoms with Crippen molar-refractivity contribution in [2.75, 3.05) is 37.7 Å². The van der Waals surface area contributed by atoms with Crippen molar-refractivity contribution in [2.45, 2.75) is 12.6 Å². The third kappa shape index (κ3) is 4.70. The summed E-state index contributed by atoms with van der Waals surface area (Å²) in [7, 11) is 0. The number of aromatic nitrogens is 2. The van der Waals surface area contributed by atoms with E-state index in [-0.39, 0.29) is 24.9 Å². The van der Waals surface area contributed by atoms with Gasteiger partial charge in [-0.2, -0.15) is 13.2 Å². The normalized spacial score (nSPS) is 15.3. The second-order valence-electron chi connectivity index (χ2n) is 5.05. The van der Waals surface area contributed by atoms with Gasteiger partial charge in [0.15, 0.2) is 0 Å². The van der Waals surface area contributed by atoms with Crippen molar-refractivity contribution < 1.29 is 27.5 Å². The Morgan fingerprint density at radius 2 is 1.75 bits per heavy atom. The molecule has 0 saturated carbocycles. The molecule has 1 aromatic rings. The number of primary amides is 1. The van der Waals surface area contributed by atoms with Gasteiger partial charge in [0.2, 0.25) is 11.9 Å². The molecule has 2 rings (SSSR count). The van der Waals surface area contributed by atoms with Gasteiger partial charge in [-0.3, -0.25) is 4.79 Å². The topological polar surface area (TPSA) is 102 Å². The molecule has 2 N–H and O–H groups in total. The van der Waals surface area contributed by atoms with Crippen LogP contribution in [0.3, 0.4) is 0 Å². The number of amides is 2. The van der Waals surface area contributed by atoms with Crippen molar-refractivity contribution in [2.24, 2.45) is 5.73 Å². The maximum atomic E-state index is 12.5. The molecule has 1 fully saturated rings. The van der Waals surface area contributed by atoms with Gasteiger partial charge in [-0.1, -0.05) is 0 Å². The number of nitrogens with zero attached hydrogens (tertiary/aromatic N) is 4. The molecular weight excluding hydrogens is 331 g/mol. The zero-order chi connectivity index (χ0) is 17.7. The molecule has 2 heterocycles. The monoisotopic (exact) mass is 347 g/mol. The van der Waals surface area contributed by atoms with E-state index in [1.54, 1.807) is 9.80 Å². The van der Waals surface area contributed by atoms with Gasteiger partial charge >= 0.3 is 12.3 Å². The Bertz CT molecular complexity index is 586. The summed E-state index contributed by atoms with van der Waals surface area (Å²) in [6, 6.07) is 0. The summed E-state index contributed by atoms with van der Waals surface area (Å²) < 4.78 is 41.9. The first-order chi connectivity index (χ1) is 11.3. The number of anilines is 1. The van der Waals surface area contributed by atoms with Crippen LogP contribution in [-0.2, 0) is 15.7 Å². The number of alkyl halides is 3.